The van der Waals surface area contributed by atoms with Gasteiger partial charge in [0.1, 0.15) is 5.75 Å². The van der Waals surface area contributed by atoms with Crippen LogP contribution < -0.4 is 10.5 Å². The van der Waals surface area contributed by atoms with E-state index in [9.17, 15) is 4.79 Å². The minimum absolute atomic E-state index is 0.00866. The number of rotatable bonds is 7. The molecule has 1 aromatic carbocycles. The van der Waals surface area contributed by atoms with E-state index < -0.39 is 0 Å². The van der Waals surface area contributed by atoms with Crippen LogP contribution in [0.1, 0.15) is 19.3 Å². The molecule has 0 saturated heterocycles. The van der Waals surface area contributed by atoms with Gasteiger partial charge in [0.2, 0.25) is 5.91 Å². The number of hydrogen-bond donors (Lipinski definition) is 2. The number of nitrogens with zero attached hydrogens (tertiary/aromatic N) is 1. The van der Waals surface area contributed by atoms with Gasteiger partial charge < -0.3 is 20.5 Å². The summed E-state index contributed by atoms with van der Waals surface area (Å²) >= 11 is 0. The molecule has 1 amide bonds. The minimum atomic E-state index is 0.00866. The summed E-state index contributed by atoms with van der Waals surface area (Å²) in [7, 11) is 0. The van der Waals surface area contributed by atoms with Crippen LogP contribution in [0.15, 0.2) is 24.3 Å². The van der Waals surface area contributed by atoms with Crippen LogP contribution in [0.4, 0.5) is 5.69 Å². The molecule has 0 aromatic heterocycles. The van der Waals surface area contributed by atoms with E-state index in [0.717, 1.165) is 12.8 Å². The number of carbonyl (C=O) groups excluding carboxylic acids is 1. The second-order valence-corrected chi connectivity index (χ2v) is 4.68. The molecule has 0 aliphatic heterocycles. The molecule has 0 heterocycles. The van der Waals surface area contributed by atoms with Gasteiger partial charge in [-0.25, -0.2) is 0 Å². The molecule has 1 aromatic rings. The zero-order valence-corrected chi connectivity index (χ0v) is 10.9. The fourth-order valence-corrected chi connectivity index (χ4v) is 2.01. The van der Waals surface area contributed by atoms with Gasteiger partial charge in [0.15, 0.2) is 0 Å². The number of anilines is 1. The molecule has 0 radical (unpaired) electrons. The smallest absolute Gasteiger partial charge is 0.226 e. The molecular formula is C14H20N2O3. The number of hydrogen-bond acceptors (Lipinski definition) is 4. The SMILES string of the molecule is Nc1ccccc1OCCC(=O)N(CCO)C1CC1. The molecular weight excluding hydrogens is 244 g/mol. The average molecular weight is 264 g/mol. The van der Waals surface area contributed by atoms with Crippen LogP contribution in [0.3, 0.4) is 0 Å². The van der Waals surface area contributed by atoms with E-state index in [1.807, 2.05) is 12.1 Å². The maximum Gasteiger partial charge on any atom is 0.226 e. The monoisotopic (exact) mass is 264 g/mol. The van der Waals surface area contributed by atoms with Crippen molar-refractivity contribution in [3.8, 4) is 5.75 Å². The van der Waals surface area contributed by atoms with Gasteiger partial charge in [0.25, 0.3) is 0 Å². The number of aliphatic hydroxyl groups excluding tert-OH is 1. The highest BCUT2D eigenvalue weighted by Gasteiger charge is 2.31. The van der Waals surface area contributed by atoms with Gasteiger partial charge in [-0.15, -0.1) is 0 Å². The van der Waals surface area contributed by atoms with Crippen LogP contribution in [-0.2, 0) is 4.79 Å². The summed E-state index contributed by atoms with van der Waals surface area (Å²) in [5.41, 5.74) is 6.32. The highest BCUT2D eigenvalue weighted by Crippen LogP contribution is 2.27. The molecule has 19 heavy (non-hydrogen) atoms. The highest BCUT2D eigenvalue weighted by molar-refractivity contribution is 5.77. The predicted molar refractivity (Wildman–Crippen MR) is 72.8 cm³/mol. The Bertz CT molecular complexity index is 432. The van der Waals surface area contributed by atoms with Crippen molar-refractivity contribution in [1.29, 1.82) is 0 Å². The summed E-state index contributed by atoms with van der Waals surface area (Å²) in [4.78, 5) is 13.7. The third-order valence-corrected chi connectivity index (χ3v) is 3.14. The van der Waals surface area contributed by atoms with E-state index in [-0.39, 0.29) is 12.5 Å². The Kier molecular flexibility index (Phi) is 4.63. The molecule has 1 fully saturated rings. The lowest BCUT2D eigenvalue weighted by Gasteiger charge is -2.21. The van der Waals surface area contributed by atoms with Gasteiger partial charge in [-0.05, 0) is 25.0 Å². The van der Waals surface area contributed by atoms with Gasteiger partial charge in [-0.3, -0.25) is 4.79 Å². The molecule has 1 aliphatic carbocycles. The predicted octanol–water partition coefficient (Wildman–Crippen LogP) is 1.02. The van der Waals surface area contributed by atoms with E-state index in [1.54, 1.807) is 17.0 Å². The van der Waals surface area contributed by atoms with Gasteiger partial charge in [0.05, 0.1) is 25.3 Å². The lowest BCUT2D eigenvalue weighted by atomic mass is 10.3. The zero-order chi connectivity index (χ0) is 13.7. The Morgan fingerprint density at radius 2 is 2.16 bits per heavy atom. The van der Waals surface area contributed by atoms with Crippen LogP contribution in [0.25, 0.3) is 0 Å². The standard InChI is InChI=1S/C14H20N2O3/c15-12-3-1-2-4-13(12)19-10-7-14(18)16(8-9-17)11-5-6-11/h1-4,11,17H,5-10,15H2. The first-order valence-electron chi connectivity index (χ1n) is 6.60. The van der Waals surface area contributed by atoms with E-state index in [0.29, 0.717) is 37.1 Å². The van der Waals surface area contributed by atoms with Crippen LogP contribution in [0, 0.1) is 0 Å². The Morgan fingerprint density at radius 3 is 2.79 bits per heavy atom. The van der Waals surface area contributed by atoms with E-state index in [4.69, 9.17) is 15.6 Å². The molecule has 1 aliphatic rings. The normalized spacial score (nSPS) is 14.2. The van der Waals surface area contributed by atoms with E-state index >= 15 is 0 Å². The first kappa shape index (κ1) is 13.7. The van der Waals surface area contributed by atoms with Crippen LogP contribution >= 0.6 is 0 Å². The van der Waals surface area contributed by atoms with Gasteiger partial charge in [-0.2, -0.15) is 0 Å². The summed E-state index contributed by atoms with van der Waals surface area (Å²) < 4.78 is 5.50. The Morgan fingerprint density at radius 1 is 1.42 bits per heavy atom. The summed E-state index contributed by atoms with van der Waals surface area (Å²) in [5, 5.41) is 8.96. The molecule has 1 saturated carbocycles. The number of nitrogens with two attached hydrogens (primary N) is 1. The topological polar surface area (TPSA) is 75.8 Å². The Hall–Kier alpha value is -1.75. The molecule has 2 rings (SSSR count). The number of carbonyl (C=O) groups is 1. The van der Waals surface area contributed by atoms with E-state index in [1.165, 1.54) is 0 Å². The largest absolute Gasteiger partial charge is 0.491 e. The summed E-state index contributed by atoms with van der Waals surface area (Å²) in [5.74, 6) is 0.640. The second kappa shape index (κ2) is 6.43. The van der Waals surface area contributed by atoms with Gasteiger partial charge in [0, 0.05) is 12.6 Å². The average Bonchev–Trinajstić information content (AvgIpc) is 3.22. The summed E-state index contributed by atoms with van der Waals surface area (Å²) in [6.45, 7) is 0.730. The number of benzene rings is 1. The maximum absolute atomic E-state index is 12.0. The molecule has 0 unspecified atom stereocenters. The highest BCUT2D eigenvalue weighted by atomic mass is 16.5. The van der Waals surface area contributed by atoms with E-state index in [2.05, 4.69) is 0 Å². The quantitative estimate of drug-likeness (QED) is 0.721. The first-order chi connectivity index (χ1) is 9.22. The first-order valence-corrected chi connectivity index (χ1v) is 6.60. The van der Waals surface area contributed by atoms with Gasteiger partial charge in [-0.1, -0.05) is 12.1 Å². The fraction of sp³-hybridized carbons (Fsp3) is 0.500. The number of aliphatic hydroxyl groups is 1. The van der Waals surface area contributed by atoms with Crippen molar-refractivity contribution in [2.75, 3.05) is 25.5 Å². The molecule has 0 atom stereocenters. The van der Waals surface area contributed by atoms with Crippen LogP contribution in [-0.4, -0.2) is 41.7 Å². The minimum Gasteiger partial charge on any atom is -0.491 e. The van der Waals surface area contributed by atoms with Crippen molar-refractivity contribution in [2.24, 2.45) is 0 Å². The maximum atomic E-state index is 12.0. The number of nitrogen functional groups attached to an aromatic ring is 1. The summed E-state index contributed by atoms with van der Waals surface area (Å²) in [6.07, 6.45) is 2.39. The Balaban J connectivity index is 1.78. The van der Waals surface area contributed by atoms with Gasteiger partial charge >= 0.3 is 0 Å². The molecule has 5 nitrogen and oxygen atoms in total. The zero-order valence-electron chi connectivity index (χ0n) is 10.9. The van der Waals surface area contributed by atoms with Crippen molar-refractivity contribution in [1.82, 2.24) is 4.90 Å². The second-order valence-electron chi connectivity index (χ2n) is 4.68. The van der Waals surface area contributed by atoms with Crippen LogP contribution in [0.5, 0.6) is 5.75 Å². The van der Waals surface area contributed by atoms with Crippen molar-refractivity contribution in [3.05, 3.63) is 24.3 Å². The fourth-order valence-electron chi connectivity index (χ4n) is 2.01. The van der Waals surface area contributed by atoms with Crippen molar-refractivity contribution >= 4 is 11.6 Å². The van der Waals surface area contributed by atoms with Crippen molar-refractivity contribution < 1.29 is 14.6 Å². The molecule has 104 valence electrons. The molecule has 0 bridgehead atoms. The Labute approximate surface area is 113 Å². The van der Waals surface area contributed by atoms with Crippen molar-refractivity contribution in [2.45, 2.75) is 25.3 Å². The third-order valence-electron chi connectivity index (χ3n) is 3.14. The lowest BCUT2D eigenvalue weighted by Crippen LogP contribution is -2.36. The van der Waals surface area contributed by atoms with Crippen molar-refractivity contribution in [3.63, 3.8) is 0 Å². The number of amides is 1. The molecule has 3 N–H and O–H groups in total. The molecule has 0 spiro atoms. The van der Waals surface area contributed by atoms with Crippen LogP contribution in [0.2, 0.25) is 0 Å². The lowest BCUT2D eigenvalue weighted by molar-refractivity contribution is -0.132. The molecule has 5 heteroatoms. The number of ether oxygens (including phenoxy) is 1. The summed E-state index contributed by atoms with van der Waals surface area (Å²) in [6, 6.07) is 7.55. The number of para-hydroxylation sites is 2. The third kappa shape index (κ3) is 3.86.